The summed E-state index contributed by atoms with van der Waals surface area (Å²) in [6, 6.07) is 13.4. The van der Waals surface area contributed by atoms with E-state index in [-0.39, 0.29) is 6.61 Å². The monoisotopic (exact) mass is 419 g/mol. The molecule has 7 heteroatoms. The van der Waals surface area contributed by atoms with Crippen LogP contribution in [0.25, 0.3) is 22.2 Å². The van der Waals surface area contributed by atoms with Gasteiger partial charge in [0.05, 0.1) is 17.9 Å². The lowest BCUT2D eigenvalue weighted by atomic mass is 9.93. The fraction of sp³-hybridized carbons (Fsp3) is 0.417. The lowest BCUT2D eigenvalue weighted by Crippen LogP contribution is -2.31. The first-order chi connectivity index (χ1) is 15.0. The zero-order valence-corrected chi connectivity index (χ0v) is 18.6. The number of aliphatic hydroxyl groups excluding tert-OH is 1. The molecule has 0 unspecified atom stereocenters. The van der Waals surface area contributed by atoms with E-state index in [4.69, 9.17) is 4.42 Å². The van der Waals surface area contributed by atoms with Crippen LogP contribution in [0.1, 0.15) is 17.5 Å². The molecule has 0 bridgehead atoms. The van der Waals surface area contributed by atoms with Gasteiger partial charge in [-0.15, -0.1) is 0 Å². The Balaban J connectivity index is 2.00. The van der Waals surface area contributed by atoms with Crippen LogP contribution >= 0.6 is 0 Å². The summed E-state index contributed by atoms with van der Waals surface area (Å²) in [6.45, 7) is 4.19. The Hall–Kier alpha value is -3.08. The number of anilines is 2. The maximum Gasteiger partial charge on any atom is 0.298 e. The van der Waals surface area contributed by atoms with Gasteiger partial charge in [-0.05, 0) is 38.6 Å². The van der Waals surface area contributed by atoms with Gasteiger partial charge in [0.25, 0.3) is 6.01 Å². The number of benzene rings is 2. The third-order valence-corrected chi connectivity index (χ3v) is 6.20. The highest BCUT2D eigenvalue weighted by Gasteiger charge is 2.32. The highest BCUT2D eigenvalue weighted by atomic mass is 16.4. The van der Waals surface area contributed by atoms with Crippen LogP contribution in [0.2, 0.25) is 0 Å². The van der Waals surface area contributed by atoms with Gasteiger partial charge in [-0.1, -0.05) is 30.3 Å². The minimum absolute atomic E-state index is 0.00186. The molecule has 162 valence electrons. The second-order valence-corrected chi connectivity index (χ2v) is 8.37. The van der Waals surface area contributed by atoms with Crippen LogP contribution in [0.4, 0.5) is 11.7 Å². The van der Waals surface area contributed by atoms with Crippen molar-refractivity contribution in [1.29, 1.82) is 5.26 Å². The van der Waals surface area contributed by atoms with Crippen LogP contribution in [0.15, 0.2) is 34.7 Å². The van der Waals surface area contributed by atoms with Crippen molar-refractivity contribution in [2.24, 2.45) is 0 Å². The Bertz CT molecular complexity index is 1120. The van der Waals surface area contributed by atoms with Gasteiger partial charge < -0.3 is 24.2 Å². The van der Waals surface area contributed by atoms with E-state index >= 15 is 0 Å². The molecular weight excluding hydrogens is 390 g/mol. The number of likely N-dealkylation sites (N-methyl/N-ethyl adjacent to an activating group) is 2. The molecule has 1 fully saturated rings. The van der Waals surface area contributed by atoms with Crippen molar-refractivity contribution in [3.63, 3.8) is 0 Å². The summed E-state index contributed by atoms with van der Waals surface area (Å²) in [5.74, 6) is 0. The topological polar surface area (TPSA) is 79.8 Å². The normalized spacial score (nSPS) is 16.3. The zero-order valence-electron chi connectivity index (χ0n) is 18.6. The fourth-order valence-corrected chi connectivity index (χ4v) is 4.40. The first-order valence-electron chi connectivity index (χ1n) is 10.6. The maximum atomic E-state index is 10.0. The average Bonchev–Trinajstić information content (AvgIpc) is 3.42. The number of rotatable bonds is 6. The van der Waals surface area contributed by atoms with Crippen molar-refractivity contribution in [2.45, 2.75) is 19.4 Å². The highest BCUT2D eigenvalue weighted by Crippen LogP contribution is 2.44. The van der Waals surface area contributed by atoms with Gasteiger partial charge in [0.15, 0.2) is 5.58 Å². The summed E-state index contributed by atoms with van der Waals surface area (Å²) < 4.78 is 6.28. The van der Waals surface area contributed by atoms with E-state index in [1.165, 1.54) is 0 Å². The molecule has 1 aliphatic heterocycles. The Morgan fingerprint density at radius 1 is 1.26 bits per heavy atom. The number of fused-ring (bicyclic) bond motifs is 1. The van der Waals surface area contributed by atoms with Crippen LogP contribution in [-0.2, 0) is 0 Å². The van der Waals surface area contributed by atoms with Gasteiger partial charge in [0.2, 0.25) is 0 Å². The molecule has 3 aromatic rings. The van der Waals surface area contributed by atoms with Crippen molar-refractivity contribution < 1.29 is 9.52 Å². The highest BCUT2D eigenvalue weighted by molar-refractivity contribution is 6.02. The summed E-state index contributed by atoms with van der Waals surface area (Å²) in [4.78, 5) is 11.1. The largest absolute Gasteiger partial charge is 0.421 e. The van der Waals surface area contributed by atoms with Gasteiger partial charge in [-0.25, -0.2) is 0 Å². The summed E-state index contributed by atoms with van der Waals surface area (Å²) in [7, 11) is 6.06. The summed E-state index contributed by atoms with van der Waals surface area (Å²) in [5.41, 5.74) is 5.75. The first-order valence-corrected chi connectivity index (χ1v) is 10.6. The van der Waals surface area contributed by atoms with Gasteiger partial charge in [-0.2, -0.15) is 10.2 Å². The van der Waals surface area contributed by atoms with Crippen LogP contribution in [0.5, 0.6) is 0 Å². The number of nitrogens with zero attached hydrogens (tertiary/aromatic N) is 5. The Morgan fingerprint density at radius 3 is 2.61 bits per heavy atom. The minimum Gasteiger partial charge on any atom is -0.421 e. The molecule has 0 amide bonds. The summed E-state index contributed by atoms with van der Waals surface area (Å²) >= 11 is 0. The third-order valence-electron chi connectivity index (χ3n) is 6.20. The molecular formula is C24H29N5O2. The lowest BCUT2D eigenvalue weighted by molar-refractivity contribution is 0.301. The van der Waals surface area contributed by atoms with Crippen LogP contribution < -0.4 is 9.80 Å². The van der Waals surface area contributed by atoms with E-state index in [0.29, 0.717) is 35.3 Å². The molecule has 4 rings (SSSR count). The van der Waals surface area contributed by atoms with Crippen LogP contribution in [0, 0.1) is 18.3 Å². The molecule has 31 heavy (non-hydrogen) atoms. The third kappa shape index (κ3) is 3.73. The van der Waals surface area contributed by atoms with Crippen molar-refractivity contribution in [3.05, 3.63) is 41.5 Å². The molecule has 0 aliphatic carbocycles. The summed E-state index contributed by atoms with van der Waals surface area (Å²) in [6.07, 6.45) is 1.06. The van der Waals surface area contributed by atoms with E-state index in [9.17, 15) is 10.4 Å². The Kier molecular flexibility index (Phi) is 5.86. The molecule has 2 aromatic carbocycles. The predicted octanol–water partition coefficient (Wildman–Crippen LogP) is 3.24. The van der Waals surface area contributed by atoms with Crippen molar-refractivity contribution >= 4 is 22.8 Å². The second-order valence-electron chi connectivity index (χ2n) is 8.37. The molecule has 1 N–H and O–H groups in total. The Morgan fingerprint density at radius 2 is 2.00 bits per heavy atom. The van der Waals surface area contributed by atoms with E-state index in [2.05, 4.69) is 47.1 Å². The number of oxazole rings is 1. The van der Waals surface area contributed by atoms with Crippen molar-refractivity contribution in [1.82, 2.24) is 9.88 Å². The first kappa shape index (κ1) is 21.2. The molecule has 1 atom stereocenters. The van der Waals surface area contributed by atoms with Crippen LogP contribution in [-0.4, -0.2) is 68.4 Å². The van der Waals surface area contributed by atoms with Gasteiger partial charge in [0, 0.05) is 38.3 Å². The number of hydrogen-bond acceptors (Lipinski definition) is 7. The van der Waals surface area contributed by atoms with E-state index in [0.717, 1.165) is 41.9 Å². The van der Waals surface area contributed by atoms with Crippen LogP contribution in [0.3, 0.4) is 0 Å². The van der Waals surface area contributed by atoms with Gasteiger partial charge in [-0.3, -0.25) is 0 Å². The molecule has 0 spiro atoms. The van der Waals surface area contributed by atoms with E-state index < -0.39 is 0 Å². The lowest BCUT2D eigenvalue weighted by Gasteiger charge is -2.25. The quantitative estimate of drug-likeness (QED) is 0.657. The molecule has 0 radical (unpaired) electrons. The van der Waals surface area contributed by atoms with Crippen molar-refractivity contribution in [3.8, 4) is 17.2 Å². The van der Waals surface area contributed by atoms with Gasteiger partial charge >= 0.3 is 0 Å². The van der Waals surface area contributed by atoms with E-state index in [1.54, 1.807) is 4.90 Å². The summed E-state index contributed by atoms with van der Waals surface area (Å²) in [5, 5.41) is 19.3. The molecule has 7 nitrogen and oxygen atoms in total. The average molecular weight is 420 g/mol. The fourth-order valence-electron chi connectivity index (χ4n) is 4.40. The SMILES string of the molecule is Cc1c(-c2ccccc2)c(N2CC[C@H](N(C)C)C2)c2oc(N(C)CCO)nc2c1C#N. The Labute approximate surface area is 183 Å². The predicted molar refractivity (Wildman–Crippen MR) is 124 cm³/mol. The second kappa shape index (κ2) is 8.58. The number of aromatic nitrogens is 1. The standard InChI is InChI=1S/C24H29N5O2/c1-16-19(14-25)21-23(31-24(26-21)28(4)12-13-30)22(20(16)17-8-6-5-7-9-17)29-11-10-18(15-29)27(2)3/h5-9,18,30H,10-13,15H2,1-4H3/t18-/m0/s1. The number of aliphatic hydroxyl groups is 1. The zero-order chi connectivity index (χ0) is 22.1. The molecule has 0 saturated carbocycles. The van der Waals surface area contributed by atoms with Gasteiger partial charge in [0.1, 0.15) is 11.6 Å². The molecule has 1 aliphatic rings. The number of hydrogen-bond donors (Lipinski definition) is 1. The maximum absolute atomic E-state index is 10.0. The molecule has 1 aromatic heterocycles. The number of nitriles is 1. The van der Waals surface area contributed by atoms with Crippen molar-refractivity contribution in [2.75, 3.05) is 57.2 Å². The minimum atomic E-state index is -0.00186. The smallest absolute Gasteiger partial charge is 0.298 e. The molecule has 1 saturated heterocycles. The van der Waals surface area contributed by atoms with E-state index in [1.807, 2.05) is 32.2 Å². The molecule has 2 heterocycles.